The molecule has 0 aliphatic heterocycles. The van der Waals surface area contributed by atoms with E-state index in [1.54, 1.807) is 12.3 Å². The molecule has 1 aromatic carbocycles. The molecule has 18 heavy (non-hydrogen) atoms. The third-order valence-corrected chi connectivity index (χ3v) is 2.34. The monoisotopic (exact) mass is 244 g/mol. The van der Waals surface area contributed by atoms with Crippen LogP contribution < -0.4 is 15.8 Å². The van der Waals surface area contributed by atoms with Gasteiger partial charge in [0.25, 0.3) is 0 Å². The van der Waals surface area contributed by atoms with E-state index in [1.165, 1.54) is 0 Å². The van der Waals surface area contributed by atoms with E-state index in [0.717, 1.165) is 17.1 Å². The fourth-order valence-electron chi connectivity index (χ4n) is 1.59. The molecule has 1 heterocycles. The number of hydrogen-bond acceptors (Lipinski definition) is 5. The summed E-state index contributed by atoms with van der Waals surface area (Å²) in [6.45, 7) is 3.16. The molecule has 0 bridgehead atoms. The Kier molecular flexibility index (Phi) is 3.96. The highest BCUT2D eigenvalue weighted by Gasteiger charge is 2.00. The summed E-state index contributed by atoms with van der Waals surface area (Å²) in [6.07, 6.45) is 1.65. The summed E-state index contributed by atoms with van der Waals surface area (Å²) in [5.74, 6) is 0.763. The van der Waals surface area contributed by atoms with Crippen LogP contribution in [0.25, 0.3) is 0 Å². The van der Waals surface area contributed by atoms with Gasteiger partial charge in [-0.1, -0.05) is 0 Å². The summed E-state index contributed by atoms with van der Waals surface area (Å²) in [5, 5.41) is 11.1. The van der Waals surface area contributed by atoms with Crippen LogP contribution in [-0.4, -0.2) is 16.8 Å². The lowest BCUT2D eigenvalue weighted by atomic mass is 10.2. The first kappa shape index (κ1) is 12.2. The van der Waals surface area contributed by atoms with Gasteiger partial charge in [-0.2, -0.15) is 10.2 Å². The summed E-state index contributed by atoms with van der Waals surface area (Å²) in [5.41, 5.74) is 8.26. The number of benzene rings is 1. The molecule has 0 saturated carbocycles. The maximum Gasteiger partial charge on any atom is 0.123 e. The van der Waals surface area contributed by atoms with Gasteiger partial charge in [0.15, 0.2) is 0 Å². The molecule has 94 valence electrons. The van der Waals surface area contributed by atoms with Crippen LogP contribution in [0, 0.1) is 0 Å². The number of hydrogen-bond donors (Lipinski definition) is 2. The van der Waals surface area contributed by atoms with Gasteiger partial charge in [0, 0.05) is 29.7 Å². The van der Waals surface area contributed by atoms with Gasteiger partial charge in [-0.05, 0) is 25.1 Å². The Balaban J connectivity index is 2.05. The molecule has 0 aliphatic carbocycles. The molecule has 5 heteroatoms. The Hall–Kier alpha value is -2.30. The average Bonchev–Trinajstić information content (AvgIpc) is 2.37. The average molecular weight is 244 g/mol. The first-order valence-electron chi connectivity index (χ1n) is 5.81. The molecular formula is C13H16N4O. The zero-order valence-corrected chi connectivity index (χ0v) is 10.3. The third kappa shape index (κ3) is 3.35. The maximum absolute atomic E-state index is 5.81. The Morgan fingerprint density at radius 2 is 2.22 bits per heavy atom. The van der Waals surface area contributed by atoms with Crippen molar-refractivity contribution >= 4 is 11.4 Å². The lowest BCUT2D eigenvalue weighted by Gasteiger charge is -2.09. The first-order chi connectivity index (χ1) is 8.78. The maximum atomic E-state index is 5.81. The first-order valence-corrected chi connectivity index (χ1v) is 5.81. The minimum atomic E-state index is 0.600. The molecule has 2 rings (SSSR count). The van der Waals surface area contributed by atoms with E-state index in [0.29, 0.717) is 18.8 Å². The number of aromatic nitrogens is 2. The molecule has 1 aromatic heterocycles. The number of nitrogens with one attached hydrogen (secondary N) is 1. The van der Waals surface area contributed by atoms with Crippen molar-refractivity contribution in [2.24, 2.45) is 0 Å². The second kappa shape index (κ2) is 5.86. The highest BCUT2D eigenvalue weighted by Crippen LogP contribution is 2.22. The normalized spacial score (nSPS) is 10.1. The quantitative estimate of drug-likeness (QED) is 0.788. The molecule has 0 unspecified atom stereocenters. The predicted octanol–water partition coefficient (Wildman–Crippen LogP) is 2.07. The van der Waals surface area contributed by atoms with Gasteiger partial charge in [-0.15, -0.1) is 0 Å². The second-order valence-electron chi connectivity index (χ2n) is 3.79. The van der Waals surface area contributed by atoms with Crippen LogP contribution in [0.15, 0.2) is 36.5 Å². The Labute approximate surface area is 106 Å². The van der Waals surface area contributed by atoms with Gasteiger partial charge in [0.05, 0.1) is 18.8 Å². The van der Waals surface area contributed by atoms with Crippen molar-refractivity contribution in [1.29, 1.82) is 0 Å². The fraction of sp³-hybridized carbons (Fsp3) is 0.231. The molecule has 3 N–H and O–H groups in total. The van der Waals surface area contributed by atoms with Crippen LogP contribution in [0.1, 0.15) is 12.6 Å². The lowest BCUT2D eigenvalue weighted by Crippen LogP contribution is -2.03. The highest BCUT2D eigenvalue weighted by atomic mass is 16.5. The van der Waals surface area contributed by atoms with E-state index in [-0.39, 0.29) is 0 Å². The zero-order chi connectivity index (χ0) is 12.8. The number of nitrogens with two attached hydrogens (primary N) is 1. The molecule has 0 aliphatic rings. The molecular weight excluding hydrogens is 228 g/mol. The lowest BCUT2D eigenvalue weighted by molar-refractivity contribution is 0.340. The molecule has 5 nitrogen and oxygen atoms in total. The van der Waals surface area contributed by atoms with Crippen molar-refractivity contribution in [2.75, 3.05) is 17.7 Å². The highest BCUT2D eigenvalue weighted by molar-refractivity contribution is 5.59. The van der Waals surface area contributed by atoms with Crippen LogP contribution in [0.5, 0.6) is 5.75 Å². The van der Waals surface area contributed by atoms with E-state index in [4.69, 9.17) is 10.5 Å². The fourth-order valence-corrected chi connectivity index (χ4v) is 1.59. The SMILES string of the molecule is CCOc1cc(N)cc(NCc2cccnn2)c1. The van der Waals surface area contributed by atoms with Gasteiger partial charge in [-0.25, -0.2) is 0 Å². The standard InChI is InChI=1S/C13H16N4O/c1-2-18-13-7-10(14)6-12(8-13)15-9-11-4-3-5-16-17-11/h3-8,15H,2,9,14H2,1H3. The number of ether oxygens (including phenoxy) is 1. The summed E-state index contributed by atoms with van der Waals surface area (Å²) < 4.78 is 5.43. The topological polar surface area (TPSA) is 73.1 Å². The van der Waals surface area contributed by atoms with Crippen molar-refractivity contribution < 1.29 is 4.74 Å². The van der Waals surface area contributed by atoms with Crippen LogP contribution in [0.2, 0.25) is 0 Å². The summed E-state index contributed by atoms with van der Waals surface area (Å²) in [4.78, 5) is 0. The minimum Gasteiger partial charge on any atom is -0.494 e. The van der Waals surface area contributed by atoms with E-state index in [2.05, 4.69) is 15.5 Å². The van der Waals surface area contributed by atoms with Crippen molar-refractivity contribution in [3.8, 4) is 5.75 Å². The molecule has 0 atom stereocenters. The predicted molar refractivity (Wildman–Crippen MR) is 71.4 cm³/mol. The molecule has 0 spiro atoms. The van der Waals surface area contributed by atoms with Crippen molar-refractivity contribution in [3.63, 3.8) is 0 Å². The number of nitrogens with zero attached hydrogens (tertiary/aromatic N) is 2. The van der Waals surface area contributed by atoms with Gasteiger partial charge in [-0.3, -0.25) is 0 Å². The summed E-state index contributed by atoms with van der Waals surface area (Å²) in [6, 6.07) is 9.34. The van der Waals surface area contributed by atoms with Crippen molar-refractivity contribution in [3.05, 3.63) is 42.2 Å². The largest absolute Gasteiger partial charge is 0.494 e. The zero-order valence-electron chi connectivity index (χ0n) is 10.3. The Morgan fingerprint density at radius 1 is 1.33 bits per heavy atom. The molecule has 0 amide bonds. The smallest absolute Gasteiger partial charge is 0.123 e. The van der Waals surface area contributed by atoms with E-state index in [9.17, 15) is 0 Å². The van der Waals surface area contributed by atoms with Gasteiger partial charge in [0.1, 0.15) is 5.75 Å². The molecule has 0 saturated heterocycles. The van der Waals surface area contributed by atoms with E-state index in [1.807, 2.05) is 31.2 Å². The third-order valence-electron chi connectivity index (χ3n) is 2.34. The number of rotatable bonds is 5. The summed E-state index contributed by atoms with van der Waals surface area (Å²) >= 11 is 0. The number of nitrogen functional groups attached to an aromatic ring is 1. The molecule has 2 aromatic rings. The van der Waals surface area contributed by atoms with Crippen molar-refractivity contribution in [1.82, 2.24) is 10.2 Å². The Morgan fingerprint density at radius 3 is 2.94 bits per heavy atom. The minimum absolute atomic E-state index is 0.600. The van der Waals surface area contributed by atoms with Gasteiger partial charge < -0.3 is 15.8 Å². The number of anilines is 2. The Bertz CT molecular complexity index is 502. The van der Waals surface area contributed by atoms with Crippen LogP contribution >= 0.6 is 0 Å². The van der Waals surface area contributed by atoms with E-state index < -0.39 is 0 Å². The van der Waals surface area contributed by atoms with E-state index >= 15 is 0 Å². The second-order valence-corrected chi connectivity index (χ2v) is 3.79. The summed E-state index contributed by atoms with van der Waals surface area (Å²) in [7, 11) is 0. The van der Waals surface area contributed by atoms with Gasteiger partial charge >= 0.3 is 0 Å². The molecule has 0 radical (unpaired) electrons. The van der Waals surface area contributed by atoms with Crippen LogP contribution in [0.3, 0.4) is 0 Å². The van der Waals surface area contributed by atoms with Crippen molar-refractivity contribution in [2.45, 2.75) is 13.5 Å². The molecule has 0 fully saturated rings. The van der Waals surface area contributed by atoms with Crippen LogP contribution in [-0.2, 0) is 6.54 Å². The van der Waals surface area contributed by atoms with Gasteiger partial charge in [0.2, 0.25) is 0 Å². The van der Waals surface area contributed by atoms with Crippen LogP contribution in [0.4, 0.5) is 11.4 Å².